The maximum atomic E-state index is 5.33. The molecule has 0 aliphatic heterocycles. The number of hydrogen-bond donors (Lipinski definition) is 1. The SMILES string of the molecule is COc1ccc(Nc2c(C)cc(C)cc2C)cc1OC. The van der Waals surface area contributed by atoms with E-state index in [2.05, 4.69) is 38.2 Å². The molecular formula is C17H21NO2. The lowest BCUT2D eigenvalue weighted by molar-refractivity contribution is 0.355. The standard InChI is InChI=1S/C17H21NO2/c1-11-8-12(2)17(13(3)9-11)18-14-6-7-15(19-4)16(10-14)20-5/h6-10,18H,1-5H3. The summed E-state index contributed by atoms with van der Waals surface area (Å²) in [5.41, 5.74) is 5.87. The van der Waals surface area contributed by atoms with Crippen LogP contribution in [0.1, 0.15) is 16.7 Å². The molecule has 0 saturated carbocycles. The molecule has 20 heavy (non-hydrogen) atoms. The van der Waals surface area contributed by atoms with Gasteiger partial charge in [-0.3, -0.25) is 0 Å². The quantitative estimate of drug-likeness (QED) is 0.895. The van der Waals surface area contributed by atoms with Crippen molar-refractivity contribution >= 4 is 11.4 Å². The van der Waals surface area contributed by atoms with E-state index in [-0.39, 0.29) is 0 Å². The van der Waals surface area contributed by atoms with Gasteiger partial charge in [-0.05, 0) is 44.0 Å². The van der Waals surface area contributed by atoms with Crippen molar-refractivity contribution in [2.45, 2.75) is 20.8 Å². The molecule has 0 aliphatic rings. The molecule has 0 aromatic heterocycles. The van der Waals surface area contributed by atoms with Crippen molar-refractivity contribution < 1.29 is 9.47 Å². The van der Waals surface area contributed by atoms with E-state index in [0.29, 0.717) is 0 Å². The molecule has 0 heterocycles. The molecule has 106 valence electrons. The summed E-state index contributed by atoms with van der Waals surface area (Å²) >= 11 is 0. The number of benzene rings is 2. The highest BCUT2D eigenvalue weighted by Gasteiger charge is 2.07. The fraction of sp³-hybridized carbons (Fsp3) is 0.294. The Bertz CT molecular complexity index is 597. The molecule has 0 fully saturated rings. The van der Waals surface area contributed by atoms with Gasteiger partial charge >= 0.3 is 0 Å². The molecule has 3 heteroatoms. The van der Waals surface area contributed by atoms with Crippen molar-refractivity contribution in [2.75, 3.05) is 19.5 Å². The molecule has 0 spiro atoms. The number of hydrogen-bond acceptors (Lipinski definition) is 3. The second-order valence-corrected chi connectivity index (χ2v) is 4.97. The molecule has 0 saturated heterocycles. The average Bonchev–Trinajstić information content (AvgIpc) is 2.42. The van der Waals surface area contributed by atoms with Gasteiger partial charge in [-0.15, -0.1) is 0 Å². The summed E-state index contributed by atoms with van der Waals surface area (Å²) < 4.78 is 10.6. The van der Waals surface area contributed by atoms with Crippen LogP contribution in [0.3, 0.4) is 0 Å². The summed E-state index contributed by atoms with van der Waals surface area (Å²) in [5.74, 6) is 1.45. The van der Waals surface area contributed by atoms with Crippen LogP contribution >= 0.6 is 0 Å². The van der Waals surface area contributed by atoms with E-state index >= 15 is 0 Å². The van der Waals surface area contributed by atoms with E-state index in [9.17, 15) is 0 Å². The van der Waals surface area contributed by atoms with Gasteiger partial charge in [0, 0.05) is 17.4 Å². The van der Waals surface area contributed by atoms with E-state index in [0.717, 1.165) is 22.9 Å². The third kappa shape index (κ3) is 2.87. The smallest absolute Gasteiger partial charge is 0.162 e. The van der Waals surface area contributed by atoms with Crippen molar-refractivity contribution in [3.8, 4) is 11.5 Å². The summed E-state index contributed by atoms with van der Waals surface area (Å²) in [5, 5.41) is 3.46. The normalized spacial score (nSPS) is 10.2. The van der Waals surface area contributed by atoms with Gasteiger partial charge in [-0.25, -0.2) is 0 Å². The first-order chi connectivity index (χ1) is 9.55. The Labute approximate surface area is 120 Å². The van der Waals surface area contributed by atoms with E-state index < -0.39 is 0 Å². The summed E-state index contributed by atoms with van der Waals surface area (Å²) in [7, 11) is 3.28. The zero-order chi connectivity index (χ0) is 14.7. The van der Waals surface area contributed by atoms with Crippen LogP contribution in [0.5, 0.6) is 11.5 Å². The van der Waals surface area contributed by atoms with Crippen molar-refractivity contribution in [3.05, 3.63) is 47.0 Å². The molecule has 0 unspecified atom stereocenters. The maximum Gasteiger partial charge on any atom is 0.162 e. The van der Waals surface area contributed by atoms with Gasteiger partial charge in [-0.2, -0.15) is 0 Å². The van der Waals surface area contributed by atoms with Crippen molar-refractivity contribution in [1.29, 1.82) is 0 Å². The molecule has 0 atom stereocenters. The minimum absolute atomic E-state index is 0.722. The second kappa shape index (κ2) is 5.87. The molecule has 2 aromatic rings. The zero-order valence-corrected chi connectivity index (χ0v) is 12.7. The molecule has 1 N–H and O–H groups in total. The number of methoxy groups -OCH3 is 2. The van der Waals surface area contributed by atoms with E-state index in [4.69, 9.17) is 9.47 Å². The lowest BCUT2D eigenvalue weighted by Crippen LogP contribution is -1.98. The molecule has 2 rings (SSSR count). The predicted octanol–water partition coefficient (Wildman–Crippen LogP) is 4.37. The third-order valence-electron chi connectivity index (χ3n) is 3.33. The van der Waals surface area contributed by atoms with Crippen LogP contribution in [0.25, 0.3) is 0 Å². The van der Waals surface area contributed by atoms with Gasteiger partial charge in [0.15, 0.2) is 11.5 Å². The molecular weight excluding hydrogens is 250 g/mol. The minimum Gasteiger partial charge on any atom is -0.493 e. The van der Waals surface area contributed by atoms with E-state index in [1.807, 2.05) is 18.2 Å². The highest BCUT2D eigenvalue weighted by atomic mass is 16.5. The van der Waals surface area contributed by atoms with Gasteiger partial charge in [0.05, 0.1) is 14.2 Å². The average molecular weight is 271 g/mol. The Kier molecular flexibility index (Phi) is 4.18. The molecule has 0 bridgehead atoms. The lowest BCUT2D eigenvalue weighted by atomic mass is 10.0. The van der Waals surface area contributed by atoms with Gasteiger partial charge in [0.2, 0.25) is 0 Å². The van der Waals surface area contributed by atoms with E-state index in [1.165, 1.54) is 16.7 Å². The van der Waals surface area contributed by atoms with Crippen LogP contribution in [0, 0.1) is 20.8 Å². The van der Waals surface area contributed by atoms with Gasteiger partial charge in [0.1, 0.15) is 0 Å². The van der Waals surface area contributed by atoms with Crippen LogP contribution in [0.2, 0.25) is 0 Å². The first-order valence-electron chi connectivity index (χ1n) is 6.62. The fourth-order valence-corrected chi connectivity index (χ4v) is 2.44. The molecule has 3 nitrogen and oxygen atoms in total. The number of anilines is 2. The third-order valence-corrected chi connectivity index (χ3v) is 3.33. The van der Waals surface area contributed by atoms with Crippen LogP contribution in [0.4, 0.5) is 11.4 Å². The Morgan fingerprint density at radius 2 is 1.40 bits per heavy atom. The van der Waals surface area contributed by atoms with Crippen LogP contribution in [-0.2, 0) is 0 Å². The number of nitrogens with one attached hydrogen (secondary N) is 1. The molecule has 0 aliphatic carbocycles. The van der Waals surface area contributed by atoms with Gasteiger partial charge < -0.3 is 14.8 Å². The Hall–Kier alpha value is -2.16. The lowest BCUT2D eigenvalue weighted by Gasteiger charge is -2.15. The minimum atomic E-state index is 0.722. The van der Waals surface area contributed by atoms with Crippen LogP contribution in [-0.4, -0.2) is 14.2 Å². The van der Waals surface area contributed by atoms with Crippen molar-refractivity contribution in [3.63, 3.8) is 0 Å². The zero-order valence-electron chi connectivity index (χ0n) is 12.7. The van der Waals surface area contributed by atoms with Gasteiger partial charge in [-0.1, -0.05) is 17.7 Å². The van der Waals surface area contributed by atoms with Crippen molar-refractivity contribution in [1.82, 2.24) is 0 Å². The Morgan fingerprint density at radius 3 is 1.95 bits per heavy atom. The van der Waals surface area contributed by atoms with Gasteiger partial charge in [0.25, 0.3) is 0 Å². The first kappa shape index (κ1) is 14.3. The second-order valence-electron chi connectivity index (χ2n) is 4.97. The largest absolute Gasteiger partial charge is 0.493 e. The highest BCUT2D eigenvalue weighted by molar-refractivity contribution is 5.69. The fourth-order valence-electron chi connectivity index (χ4n) is 2.44. The highest BCUT2D eigenvalue weighted by Crippen LogP contribution is 2.32. The topological polar surface area (TPSA) is 30.5 Å². The van der Waals surface area contributed by atoms with Crippen LogP contribution in [0.15, 0.2) is 30.3 Å². The summed E-state index contributed by atoms with van der Waals surface area (Å²) in [4.78, 5) is 0. The number of rotatable bonds is 4. The number of aryl methyl sites for hydroxylation is 3. The van der Waals surface area contributed by atoms with Crippen LogP contribution < -0.4 is 14.8 Å². The molecule has 0 radical (unpaired) electrons. The molecule has 0 amide bonds. The maximum absolute atomic E-state index is 5.33. The Morgan fingerprint density at radius 1 is 0.800 bits per heavy atom. The van der Waals surface area contributed by atoms with E-state index in [1.54, 1.807) is 14.2 Å². The summed E-state index contributed by atoms with van der Waals surface area (Å²) in [6.07, 6.45) is 0. The monoisotopic (exact) mass is 271 g/mol. The predicted molar refractivity (Wildman–Crippen MR) is 83.5 cm³/mol. The molecule has 2 aromatic carbocycles. The Balaban J connectivity index is 2.35. The number of ether oxygens (including phenoxy) is 2. The van der Waals surface area contributed by atoms with Crippen molar-refractivity contribution in [2.24, 2.45) is 0 Å². The summed E-state index contributed by atoms with van der Waals surface area (Å²) in [6.45, 7) is 6.34. The first-order valence-corrected chi connectivity index (χ1v) is 6.62. The summed E-state index contributed by atoms with van der Waals surface area (Å²) in [6, 6.07) is 10.2.